The molecule has 0 aliphatic rings. The molecule has 0 saturated heterocycles. The van der Waals surface area contributed by atoms with Crippen LogP contribution in [0, 0.1) is 0 Å². The zero-order valence-electron chi connectivity index (χ0n) is 13.2. The molecule has 0 atom stereocenters. The van der Waals surface area contributed by atoms with Crippen LogP contribution in [-0.2, 0) is 10.0 Å². The average molecular weight is 337 g/mol. The minimum Gasteiger partial charge on any atom is -0.497 e. The summed E-state index contributed by atoms with van der Waals surface area (Å²) < 4.78 is 42.9. The number of rotatable bonds is 7. The van der Waals surface area contributed by atoms with Crippen molar-refractivity contribution in [1.29, 1.82) is 0 Å². The van der Waals surface area contributed by atoms with Gasteiger partial charge in [-0.15, -0.1) is 0 Å². The molecule has 0 fully saturated rings. The zero-order valence-corrected chi connectivity index (χ0v) is 14.0. The quantitative estimate of drug-likeness (QED) is 0.841. The van der Waals surface area contributed by atoms with Crippen molar-refractivity contribution in [2.24, 2.45) is 0 Å². The number of anilines is 1. The van der Waals surface area contributed by atoms with Gasteiger partial charge in [0.1, 0.15) is 17.2 Å². The second-order valence-electron chi connectivity index (χ2n) is 4.61. The summed E-state index contributed by atoms with van der Waals surface area (Å²) in [5.41, 5.74) is 0.357. The van der Waals surface area contributed by atoms with Crippen molar-refractivity contribution in [2.45, 2.75) is 11.8 Å². The summed E-state index contributed by atoms with van der Waals surface area (Å²) >= 11 is 0. The van der Waals surface area contributed by atoms with Crippen LogP contribution in [0.5, 0.6) is 17.2 Å². The lowest BCUT2D eigenvalue weighted by molar-refractivity contribution is 0.340. The minimum absolute atomic E-state index is 0.141. The van der Waals surface area contributed by atoms with Crippen molar-refractivity contribution in [3.63, 3.8) is 0 Å². The number of hydrogen-bond acceptors (Lipinski definition) is 5. The first-order chi connectivity index (χ1) is 11.0. The Morgan fingerprint density at radius 1 is 0.913 bits per heavy atom. The number of ether oxygens (including phenoxy) is 3. The number of sulfonamides is 1. The lowest BCUT2D eigenvalue weighted by Crippen LogP contribution is -2.13. The lowest BCUT2D eigenvalue weighted by Gasteiger charge is -2.12. The average Bonchev–Trinajstić information content (AvgIpc) is 2.54. The molecule has 0 amide bonds. The number of benzene rings is 2. The van der Waals surface area contributed by atoms with E-state index in [1.807, 2.05) is 6.92 Å². The molecule has 0 spiro atoms. The van der Waals surface area contributed by atoms with E-state index in [1.165, 1.54) is 26.4 Å². The first kappa shape index (κ1) is 17.0. The van der Waals surface area contributed by atoms with Gasteiger partial charge in [-0.3, -0.25) is 4.72 Å². The van der Waals surface area contributed by atoms with Crippen LogP contribution in [0.25, 0.3) is 0 Å². The fourth-order valence-corrected chi connectivity index (χ4v) is 3.00. The summed E-state index contributed by atoms with van der Waals surface area (Å²) in [5.74, 6) is 1.61. The van der Waals surface area contributed by atoms with E-state index >= 15 is 0 Å². The van der Waals surface area contributed by atoms with Gasteiger partial charge in [-0.1, -0.05) is 0 Å². The van der Waals surface area contributed by atoms with E-state index in [9.17, 15) is 8.42 Å². The fourth-order valence-electron chi connectivity index (χ4n) is 1.96. The largest absolute Gasteiger partial charge is 0.497 e. The van der Waals surface area contributed by atoms with E-state index in [4.69, 9.17) is 14.2 Å². The maximum Gasteiger partial charge on any atom is 0.261 e. The third-order valence-electron chi connectivity index (χ3n) is 3.05. The van der Waals surface area contributed by atoms with Gasteiger partial charge in [-0.2, -0.15) is 0 Å². The van der Waals surface area contributed by atoms with Gasteiger partial charge in [0, 0.05) is 18.2 Å². The molecular formula is C16H19NO5S. The molecule has 0 unspecified atom stereocenters. The van der Waals surface area contributed by atoms with E-state index in [1.54, 1.807) is 30.3 Å². The van der Waals surface area contributed by atoms with E-state index in [-0.39, 0.29) is 4.90 Å². The monoisotopic (exact) mass is 337 g/mol. The summed E-state index contributed by atoms with van der Waals surface area (Å²) in [7, 11) is -0.713. The van der Waals surface area contributed by atoms with E-state index in [2.05, 4.69) is 4.72 Å². The van der Waals surface area contributed by atoms with Gasteiger partial charge in [0.15, 0.2) is 0 Å². The normalized spacial score (nSPS) is 10.9. The molecule has 0 aliphatic heterocycles. The Morgan fingerprint density at radius 2 is 1.48 bits per heavy atom. The Balaban J connectivity index is 2.27. The van der Waals surface area contributed by atoms with Gasteiger partial charge in [0.25, 0.3) is 10.0 Å². The molecule has 0 aromatic heterocycles. The summed E-state index contributed by atoms with van der Waals surface area (Å²) in [4.78, 5) is 0.141. The molecule has 0 bridgehead atoms. The van der Waals surface area contributed by atoms with Crippen molar-refractivity contribution >= 4 is 15.7 Å². The highest BCUT2D eigenvalue weighted by atomic mass is 32.2. The Hall–Kier alpha value is -2.41. The fraction of sp³-hybridized carbons (Fsp3) is 0.250. The Kier molecular flexibility index (Phi) is 5.33. The van der Waals surface area contributed by atoms with Crippen LogP contribution >= 0.6 is 0 Å². The molecule has 6 nitrogen and oxygen atoms in total. The van der Waals surface area contributed by atoms with Crippen LogP contribution in [-0.4, -0.2) is 29.2 Å². The first-order valence-corrected chi connectivity index (χ1v) is 8.45. The SMILES string of the molecule is CCOc1ccc(S(=O)(=O)Nc2cc(OC)cc(OC)c2)cc1. The summed E-state index contributed by atoms with van der Waals surface area (Å²) in [6.07, 6.45) is 0. The molecule has 0 saturated carbocycles. The molecule has 23 heavy (non-hydrogen) atoms. The van der Waals surface area contributed by atoms with Crippen molar-refractivity contribution < 1.29 is 22.6 Å². The van der Waals surface area contributed by atoms with Crippen molar-refractivity contribution in [2.75, 3.05) is 25.5 Å². The standard InChI is InChI=1S/C16H19NO5S/c1-4-22-13-5-7-16(8-6-13)23(18,19)17-12-9-14(20-2)11-15(10-12)21-3/h5-11,17H,4H2,1-3H3. The van der Waals surface area contributed by atoms with Crippen LogP contribution in [0.2, 0.25) is 0 Å². The minimum atomic E-state index is -3.71. The second kappa shape index (κ2) is 7.23. The van der Waals surface area contributed by atoms with Gasteiger partial charge in [0.05, 0.1) is 31.4 Å². The molecule has 0 heterocycles. The van der Waals surface area contributed by atoms with Crippen LogP contribution in [0.15, 0.2) is 47.4 Å². The Labute approximate surface area is 136 Å². The maximum atomic E-state index is 12.4. The summed E-state index contributed by atoms with van der Waals surface area (Å²) in [6, 6.07) is 11.0. The highest BCUT2D eigenvalue weighted by Gasteiger charge is 2.15. The van der Waals surface area contributed by atoms with Crippen LogP contribution in [0.4, 0.5) is 5.69 Å². The van der Waals surface area contributed by atoms with Gasteiger partial charge < -0.3 is 14.2 Å². The zero-order chi connectivity index (χ0) is 16.9. The Morgan fingerprint density at radius 3 is 1.96 bits per heavy atom. The topological polar surface area (TPSA) is 73.9 Å². The first-order valence-electron chi connectivity index (χ1n) is 6.97. The number of hydrogen-bond donors (Lipinski definition) is 1. The smallest absolute Gasteiger partial charge is 0.261 e. The molecule has 2 rings (SSSR count). The van der Waals surface area contributed by atoms with Gasteiger partial charge >= 0.3 is 0 Å². The van der Waals surface area contributed by atoms with Crippen molar-refractivity contribution in [3.8, 4) is 17.2 Å². The highest BCUT2D eigenvalue weighted by molar-refractivity contribution is 7.92. The third-order valence-corrected chi connectivity index (χ3v) is 4.45. The van der Waals surface area contributed by atoms with Crippen molar-refractivity contribution in [1.82, 2.24) is 0 Å². The van der Waals surface area contributed by atoms with Crippen LogP contribution in [0.1, 0.15) is 6.92 Å². The van der Waals surface area contributed by atoms with E-state index < -0.39 is 10.0 Å². The molecule has 2 aromatic carbocycles. The highest BCUT2D eigenvalue weighted by Crippen LogP contribution is 2.27. The van der Waals surface area contributed by atoms with Crippen LogP contribution in [0.3, 0.4) is 0 Å². The molecule has 0 aliphatic carbocycles. The van der Waals surface area contributed by atoms with Gasteiger partial charge in [-0.05, 0) is 31.2 Å². The lowest BCUT2D eigenvalue weighted by atomic mass is 10.3. The molecule has 1 N–H and O–H groups in total. The number of nitrogens with one attached hydrogen (secondary N) is 1. The number of methoxy groups -OCH3 is 2. The van der Waals surface area contributed by atoms with Gasteiger partial charge in [0.2, 0.25) is 0 Å². The predicted molar refractivity (Wildman–Crippen MR) is 88.0 cm³/mol. The summed E-state index contributed by atoms with van der Waals surface area (Å²) in [6.45, 7) is 2.39. The maximum absolute atomic E-state index is 12.4. The van der Waals surface area contributed by atoms with Crippen LogP contribution < -0.4 is 18.9 Å². The third kappa shape index (κ3) is 4.29. The Bertz CT molecular complexity index is 734. The van der Waals surface area contributed by atoms with E-state index in [0.29, 0.717) is 29.5 Å². The molecular weight excluding hydrogens is 318 g/mol. The molecule has 124 valence electrons. The summed E-state index contributed by atoms with van der Waals surface area (Å²) in [5, 5.41) is 0. The molecule has 0 radical (unpaired) electrons. The van der Waals surface area contributed by atoms with Crippen molar-refractivity contribution in [3.05, 3.63) is 42.5 Å². The molecule has 7 heteroatoms. The van der Waals surface area contributed by atoms with Gasteiger partial charge in [-0.25, -0.2) is 8.42 Å². The predicted octanol–water partition coefficient (Wildman–Crippen LogP) is 2.90. The molecule has 2 aromatic rings. The van der Waals surface area contributed by atoms with E-state index in [0.717, 1.165) is 0 Å². The second-order valence-corrected chi connectivity index (χ2v) is 6.29.